The number of benzene rings is 1. The van der Waals surface area contributed by atoms with Gasteiger partial charge in [-0.25, -0.2) is 4.68 Å². The minimum absolute atomic E-state index is 0.287. The standard InChI is InChI=1S/C15H18N3O4/c1-21-13-9-22-12(8-19)15(20)14(13)18-7-11(16-17-18)10-5-3-2-4-6-10/h2-7,9,12-15,19-20H,8H2,1H3/t12-,13+,14+,15+/m1/s1. The van der Waals surface area contributed by atoms with Crippen molar-refractivity contribution in [2.75, 3.05) is 13.7 Å². The van der Waals surface area contributed by atoms with Crippen LogP contribution >= 0.6 is 0 Å². The summed E-state index contributed by atoms with van der Waals surface area (Å²) in [6.07, 6.45) is -0.391. The lowest BCUT2D eigenvalue weighted by molar-refractivity contribution is -0.145. The Morgan fingerprint density at radius 2 is 2.09 bits per heavy atom. The average molecular weight is 304 g/mol. The summed E-state index contributed by atoms with van der Waals surface area (Å²) in [7, 11) is 1.53. The zero-order valence-corrected chi connectivity index (χ0v) is 12.1. The van der Waals surface area contributed by atoms with E-state index in [1.165, 1.54) is 13.7 Å². The number of aliphatic hydroxyl groups is 2. The van der Waals surface area contributed by atoms with Gasteiger partial charge >= 0.3 is 0 Å². The topological polar surface area (TPSA) is 89.6 Å². The number of aromatic nitrogens is 3. The zero-order chi connectivity index (χ0) is 15.5. The largest absolute Gasteiger partial charge is 0.394 e. The van der Waals surface area contributed by atoms with Crippen molar-refractivity contribution in [2.24, 2.45) is 0 Å². The number of nitrogens with zero attached hydrogens (tertiary/aromatic N) is 3. The summed E-state index contributed by atoms with van der Waals surface area (Å²) in [6, 6.07) is 9.13. The van der Waals surface area contributed by atoms with Gasteiger partial charge in [0.05, 0.1) is 12.8 Å². The van der Waals surface area contributed by atoms with E-state index in [1.54, 1.807) is 10.9 Å². The van der Waals surface area contributed by atoms with Gasteiger partial charge in [0.15, 0.2) is 0 Å². The van der Waals surface area contributed by atoms with E-state index in [4.69, 9.17) is 9.47 Å². The summed E-state index contributed by atoms with van der Waals surface area (Å²) in [5.74, 6) is 0. The summed E-state index contributed by atoms with van der Waals surface area (Å²) >= 11 is 0. The first-order chi connectivity index (χ1) is 10.7. The van der Waals surface area contributed by atoms with Crippen LogP contribution in [0.3, 0.4) is 0 Å². The van der Waals surface area contributed by atoms with Crippen LogP contribution in [0.1, 0.15) is 6.04 Å². The Kier molecular flexibility index (Phi) is 4.49. The molecule has 1 aliphatic rings. The van der Waals surface area contributed by atoms with Crippen molar-refractivity contribution in [2.45, 2.75) is 24.4 Å². The summed E-state index contributed by atoms with van der Waals surface area (Å²) in [5.41, 5.74) is 1.64. The summed E-state index contributed by atoms with van der Waals surface area (Å²) < 4.78 is 12.2. The first-order valence-corrected chi connectivity index (χ1v) is 7.02. The van der Waals surface area contributed by atoms with E-state index in [-0.39, 0.29) is 6.61 Å². The molecule has 0 unspecified atom stereocenters. The third kappa shape index (κ3) is 2.76. The Morgan fingerprint density at radius 3 is 2.77 bits per heavy atom. The van der Waals surface area contributed by atoms with E-state index >= 15 is 0 Å². The van der Waals surface area contributed by atoms with Gasteiger partial charge < -0.3 is 19.7 Å². The van der Waals surface area contributed by atoms with Crippen LogP contribution in [0.2, 0.25) is 0 Å². The van der Waals surface area contributed by atoms with E-state index in [0.717, 1.165) is 5.56 Å². The highest BCUT2D eigenvalue weighted by molar-refractivity contribution is 5.57. The van der Waals surface area contributed by atoms with Crippen LogP contribution in [0, 0.1) is 6.61 Å². The van der Waals surface area contributed by atoms with Crippen molar-refractivity contribution in [3.8, 4) is 11.3 Å². The van der Waals surface area contributed by atoms with Gasteiger partial charge in [-0.15, -0.1) is 5.10 Å². The van der Waals surface area contributed by atoms with Crippen LogP contribution in [0.4, 0.5) is 0 Å². The van der Waals surface area contributed by atoms with E-state index in [9.17, 15) is 10.2 Å². The Labute approximate surface area is 128 Å². The van der Waals surface area contributed by atoms with E-state index in [0.29, 0.717) is 5.69 Å². The molecule has 3 rings (SSSR count). The number of hydrogen-bond acceptors (Lipinski definition) is 6. The molecule has 117 valence electrons. The SMILES string of the molecule is CO[C@H]1[CH]O[C@H](CO)[C@H](O)[C@H]1n1cc(-c2ccccc2)nn1. The number of ether oxygens (including phenoxy) is 2. The fourth-order valence-corrected chi connectivity index (χ4v) is 2.57. The maximum absolute atomic E-state index is 10.4. The molecule has 4 atom stereocenters. The van der Waals surface area contributed by atoms with Crippen molar-refractivity contribution < 1.29 is 19.7 Å². The summed E-state index contributed by atoms with van der Waals surface area (Å²) in [6.45, 7) is 1.19. The van der Waals surface area contributed by atoms with Gasteiger partial charge in [0.1, 0.15) is 36.7 Å². The van der Waals surface area contributed by atoms with Crippen molar-refractivity contribution >= 4 is 0 Å². The molecule has 1 radical (unpaired) electrons. The lowest BCUT2D eigenvalue weighted by Crippen LogP contribution is -2.50. The van der Waals surface area contributed by atoms with Gasteiger partial charge in [-0.05, 0) is 0 Å². The first-order valence-electron chi connectivity index (χ1n) is 7.02. The fourth-order valence-electron chi connectivity index (χ4n) is 2.57. The van der Waals surface area contributed by atoms with E-state index < -0.39 is 24.4 Å². The smallest absolute Gasteiger partial charge is 0.115 e. The molecule has 1 saturated heterocycles. The van der Waals surface area contributed by atoms with Crippen LogP contribution in [-0.2, 0) is 9.47 Å². The molecule has 1 aromatic carbocycles. The average Bonchev–Trinajstić information content (AvgIpc) is 3.04. The molecule has 7 nitrogen and oxygen atoms in total. The fraction of sp³-hybridized carbons (Fsp3) is 0.400. The van der Waals surface area contributed by atoms with Gasteiger partial charge in [0, 0.05) is 12.7 Å². The lowest BCUT2D eigenvalue weighted by Gasteiger charge is -2.38. The van der Waals surface area contributed by atoms with Crippen molar-refractivity contribution in [1.29, 1.82) is 0 Å². The molecule has 1 aromatic heterocycles. The van der Waals surface area contributed by atoms with Crippen LogP contribution < -0.4 is 0 Å². The van der Waals surface area contributed by atoms with Crippen molar-refractivity contribution in [1.82, 2.24) is 15.0 Å². The Morgan fingerprint density at radius 1 is 1.32 bits per heavy atom. The van der Waals surface area contributed by atoms with Crippen LogP contribution in [0.5, 0.6) is 0 Å². The molecule has 2 N–H and O–H groups in total. The monoisotopic (exact) mass is 304 g/mol. The van der Waals surface area contributed by atoms with Crippen molar-refractivity contribution in [3.63, 3.8) is 0 Å². The molecule has 7 heteroatoms. The minimum Gasteiger partial charge on any atom is -0.394 e. The molecular formula is C15H18N3O4. The molecular weight excluding hydrogens is 286 g/mol. The molecule has 0 aliphatic carbocycles. The van der Waals surface area contributed by atoms with Crippen LogP contribution in [-0.4, -0.2) is 57.2 Å². The second kappa shape index (κ2) is 6.53. The highest BCUT2D eigenvalue weighted by atomic mass is 16.6. The number of aliphatic hydroxyl groups excluding tert-OH is 2. The van der Waals surface area contributed by atoms with Gasteiger partial charge in [0.2, 0.25) is 0 Å². The highest BCUT2D eigenvalue weighted by Gasteiger charge is 2.41. The zero-order valence-electron chi connectivity index (χ0n) is 12.1. The third-order valence-corrected chi connectivity index (χ3v) is 3.79. The van der Waals surface area contributed by atoms with Gasteiger partial charge in [-0.2, -0.15) is 0 Å². The highest BCUT2D eigenvalue weighted by Crippen LogP contribution is 2.30. The summed E-state index contributed by atoms with van der Waals surface area (Å²) in [5, 5.41) is 27.9. The normalized spacial score (nSPS) is 28.7. The Balaban J connectivity index is 1.89. The van der Waals surface area contributed by atoms with Crippen LogP contribution in [0.15, 0.2) is 36.5 Å². The van der Waals surface area contributed by atoms with E-state index in [2.05, 4.69) is 10.3 Å². The molecule has 2 aromatic rings. The number of hydrogen-bond donors (Lipinski definition) is 2. The molecule has 0 spiro atoms. The Bertz CT molecular complexity index is 604. The van der Waals surface area contributed by atoms with Gasteiger partial charge in [-0.1, -0.05) is 35.5 Å². The van der Waals surface area contributed by atoms with Gasteiger partial charge in [-0.3, -0.25) is 0 Å². The number of methoxy groups -OCH3 is 1. The number of rotatable bonds is 4. The minimum atomic E-state index is -0.953. The molecule has 0 saturated carbocycles. The van der Waals surface area contributed by atoms with Crippen LogP contribution in [0.25, 0.3) is 11.3 Å². The lowest BCUT2D eigenvalue weighted by atomic mass is 9.97. The molecule has 0 bridgehead atoms. The Hall–Kier alpha value is -1.80. The second-order valence-electron chi connectivity index (χ2n) is 5.12. The van der Waals surface area contributed by atoms with E-state index in [1.807, 2.05) is 30.3 Å². The maximum atomic E-state index is 10.4. The van der Waals surface area contributed by atoms with Crippen molar-refractivity contribution in [3.05, 3.63) is 43.1 Å². The predicted octanol–water partition coefficient (Wildman–Crippen LogP) is 0.415. The third-order valence-electron chi connectivity index (χ3n) is 3.79. The quantitative estimate of drug-likeness (QED) is 0.850. The molecule has 22 heavy (non-hydrogen) atoms. The first kappa shape index (κ1) is 15.1. The predicted molar refractivity (Wildman–Crippen MR) is 77.6 cm³/mol. The molecule has 0 amide bonds. The molecule has 1 aliphatic heterocycles. The molecule has 1 fully saturated rings. The van der Waals surface area contributed by atoms with Gasteiger partial charge in [0.25, 0.3) is 0 Å². The maximum Gasteiger partial charge on any atom is 0.115 e. The second-order valence-corrected chi connectivity index (χ2v) is 5.12. The molecule has 2 heterocycles. The summed E-state index contributed by atoms with van der Waals surface area (Å²) in [4.78, 5) is 0.